The van der Waals surface area contributed by atoms with Gasteiger partial charge in [-0.2, -0.15) is 8.42 Å². The van der Waals surface area contributed by atoms with E-state index in [0.29, 0.717) is 0 Å². The minimum atomic E-state index is -4.00. The maximum Gasteiger partial charge on any atom is 0.294 e. The van der Waals surface area contributed by atoms with Crippen molar-refractivity contribution in [1.82, 2.24) is 4.90 Å². The Bertz CT molecular complexity index is 860. The van der Waals surface area contributed by atoms with Crippen LogP contribution in [0, 0.1) is 0 Å². The molecule has 7 heteroatoms. The molecule has 30 heavy (non-hydrogen) atoms. The van der Waals surface area contributed by atoms with E-state index in [1.165, 1.54) is 24.1 Å². The Balaban J connectivity index is 0.000000269. The van der Waals surface area contributed by atoms with E-state index in [2.05, 4.69) is 31.1 Å². The van der Waals surface area contributed by atoms with Gasteiger partial charge in [-0.05, 0) is 56.8 Å². The molecule has 0 saturated heterocycles. The van der Waals surface area contributed by atoms with Crippen molar-refractivity contribution in [2.24, 2.45) is 0 Å². The Morgan fingerprint density at radius 3 is 2.00 bits per heavy atom. The number of nitrogens with zero attached hydrogens (tertiary/aromatic N) is 1. The van der Waals surface area contributed by atoms with Gasteiger partial charge in [0, 0.05) is 12.5 Å². The molecule has 2 aromatic carbocycles. The molecule has 0 amide bonds. The van der Waals surface area contributed by atoms with E-state index in [9.17, 15) is 13.5 Å². The summed E-state index contributed by atoms with van der Waals surface area (Å²) in [6.45, 7) is 0.878. The molecule has 2 N–H and O–H groups in total. The van der Waals surface area contributed by atoms with Gasteiger partial charge in [-0.25, -0.2) is 0 Å². The lowest BCUT2D eigenvalue weighted by molar-refractivity contribution is -0.0277. The maximum absolute atomic E-state index is 11.1. The Kier molecular flexibility index (Phi) is 8.85. The van der Waals surface area contributed by atoms with E-state index in [0.717, 1.165) is 38.0 Å². The summed E-state index contributed by atoms with van der Waals surface area (Å²) in [4.78, 5) is 2.09. The zero-order valence-corrected chi connectivity index (χ0v) is 18.8. The van der Waals surface area contributed by atoms with Crippen LogP contribution in [0.15, 0.2) is 59.5 Å². The van der Waals surface area contributed by atoms with Crippen molar-refractivity contribution < 1.29 is 22.8 Å². The van der Waals surface area contributed by atoms with Crippen LogP contribution < -0.4 is 4.74 Å². The Morgan fingerprint density at radius 2 is 1.57 bits per heavy atom. The van der Waals surface area contributed by atoms with Gasteiger partial charge in [-0.15, -0.1) is 0 Å². The van der Waals surface area contributed by atoms with Crippen LogP contribution in [0.2, 0.25) is 0 Å². The fourth-order valence-corrected chi connectivity index (χ4v) is 4.39. The number of ether oxygens (including phenoxy) is 1. The highest BCUT2D eigenvalue weighted by Crippen LogP contribution is 2.40. The number of hydrogen-bond acceptors (Lipinski definition) is 5. The Labute approximate surface area is 180 Å². The van der Waals surface area contributed by atoms with Gasteiger partial charge in [0.2, 0.25) is 0 Å². The quantitative estimate of drug-likeness (QED) is 0.668. The van der Waals surface area contributed by atoms with E-state index < -0.39 is 15.7 Å². The Morgan fingerprint density at radius 1 is 1.00 bits per heavy atom. The van der Waals surface area contributed by atoms with Gasteiger partial charge in [0.1, 0.15) is 5.75 Å². The summed E-state index contributed by atoms with van der Waals surface area (Å²) in [6, 6.07) is 15.6. The lowest BCUT2D eigenvalue weighted by Gasteiger charge is -2.40. The molecule has 0 unspecified atom stereocenters. The van der Waals surface area contributed by atoms with Gasteiger partial charge in [0.25, 0.3) is 10.1 Å². The number of methoxy groups -OCH3 is 1. The van der Waals surface area contributed by atoms with Crippen molar-refractivity contribution in [3.8, 4) is 5.75 Å². The van der Waals surface area contributed by atoms with Crippen molar-refractivity contribution in [2.75, 3.05) is 27.7 Å². The summed E-state index contributed by atoms with van der Waals surface area (Å²) in [6.07, 6.45) is 5.35. The molecule has 0 aliphatic heterocycles. The Hall–Kier alpha value is -1.93. The number of benzene rings is 2. The predicted molar refractivity (Wildman–Crippen MR) is 119 cm³/mol. The summed E-state index contributed by atoms with van der Waals surface area (Å²) in [7, 11) is 1.82. The lowest BCUT2D eigenvalue weighted by atomic mass is 9.72. The molecule has 2 aromatic rings. The van der Waals surface area contributed by atoms with Crippen molar-refractivity contribution in [2.45, 2.75) is 48.5 Å². The standard InChI is InChI=1S/C17H27NO2.C6H6O3S/c1-18(2)13-16(17(19)11-5-4-6-12-17)14-7-9-15(20-3)10-8-14;7-10(8,9)6-4-2-1-3-5-6/h7-10,16,19H,4-6,11-13H2,1-3H3;1-5H,(H,7,8,9)/t16-;/m1./s1. The summed E-state index contributed by atoms with van der Waals surface area (Å²) in [5.41, 5.74) is 0.654. The van der Waals surface area contributed by atoms with E-state index in [-0.39, 0.29) is 10.8 Å². The van der Waals surface area contributed by atoms with Crippen LogP contribution in [-0.2, 0) is 10.1 Å². The molecule has 1 fully saturated rings. The number of rotatable bonds is 6. The molecule has 166 valence electrons. The number of hydrogen-bond donors (Lipinski definition) is 2. The van der Waals surface area contributed by atoms with Gasteiger partial charge >= 0.3 is 0 Å². The molecule has 1 aliphatic rings. The van der Waals surface area contributed by atoms with Gasteiger partial charge < -0.3 is 14.7 Å². The van der Waals surface area contributed by atoms with Crippen LogP contribution in [0.3, 0.4) is 0 Å². The van der Waals surface area contributed by atoms with Crippen LogP contribution in [0.4, 0.5) is 0 Å². The molecule has 0 bridgehead atoms. The summed E-state index contributed by atoms with van der Waals surface area (Å²) in [5, 5.41) is 11.1. The van der Waals surface area contributed by atoms with E-state index in [4.69, 9.17) is 9.29 Å². The van der Waals surface area contributed by atoms with Gasteiger partial charge in [0.15, 0.2) is 0 Å². The summed E-state index contributed by atoms with van der Waals surface area (Å²) < 4.78 is 34.5. The van der Waals surface area contributed by atoms with Crippen LogP contribution in [0.25, 0.3) is 0 Å². The largest absolute Gasteiger partial charge is 0.497 e. The molecular formula is C23H33NO5S. The highest BCUT2D eigenvalue weighted by atomic mass is 32.2. The predicted octanol–water partition coefficient (Wildman–Crippen LogP) is 3.97. The van der Waals surface area contributed by atoms with Crippen molar-refractivity contribution in [1.29, 1.82) is 0 Å². The molecule has 0 spiro atoms. The first-order valence-electron chi connectivity index (χ1n) is 10.2. The van der Waals surface area contributed by atoms with Crippen LogP contribution in [0.1, 0.15) is 43.6 Å². The molecular weight excluding hydrogens is 402 g/mol. The van der Waals surface area contributed by atoms with Gasteiger partial charge in [0.05, 0.1) is 17.6 Å². The normalized spacial score (nSPS) is 17.0. The zero-order valence-electron chi connectivity index (χ0n) is 18.0. The summed E-state index contributed by atoms with van der Waals surface area (Å²) in [5.74, 6) is 1.04. The van der Waals surface area contributed by atoms with Gasteiger partial charge in [-0.1, -0.05) is 49.6 Å². The van der Waals surface area contributed by atoms with Crippen molar-refractivity contribution >= 4 is 10.1 Å². The van der Waals surface area contributed by atoms with Gasteiger partial charge in [-0.3, -0.25) is 4.55 Å². The average Bonchev–Trinajstić information content (AvgIpc) is 2.73. The minimum absolute atomic E-state index is 0.0741. The van der Waals surface area contributed by atoms with Crippen molar-refractivity contribution in [3.63, 3.8) is 0 Å². The van der Waals surface area contributed by atoms with Crippen molar-refractivity contribution in [3.05, 3.63) is 60.2 Å². The molecule has 0 heterocycles. The van der Waals surface area contributed by atoms with Crippen LogP contribution >= 0.6 is 0 Å². The monoisotopic (exact) mass is 435 g/mol. The van der Waals surface area contributed by atoms with Crippen LogP contribution in [-0.4, -0.2) is 56.3 Å². The third-order valence-corrected chi connectivity index (χ3v) is 6.34. The molecule has 0 radical (unpaired) electrons. The van der Waals surface area contributed by atoms with E-state index >= 15 is 0 Å². The highest BCUT2D eigenvalue weighted by Gasteiger charge is 2.38. The maximum atomic E-state index is 11.1. The lowest BCUT2D eigenvalue weighted by Crippen LogP contribution is -2.42. The minimum Gasteiger partial charge on any atom is -0.497 e. The SMILES string of the molecule is COc1ccc([C@@H](CN(C)C)C2(O)CCCCC2)cc1.O=S(=O)(O)c1ccccc1. The molecule has 1 saturated carbocycles. The third-order valence-electron chi connectivity index (χ3n) is 5.47. The second-order valence-corrected chi connectivity index (χ2v) is 9.46. The third kappa shape index (κ3) is 7.09. The molecule has 6 nitrogen and oxygen atoms in total. The zero-order chi connectivity index (χ0) is 22.2. The second-order valence-electron chi connectivity index (χ2n) is 8.04. The first-order chi connectivity index (χ1) is 14.2. The highest BCUT2D eigenvalue weighted by molar-refractivity contribution is 7.85. The summed E-state index contributed by atoms with van der Waals surface area (Å²) >= 11 is 0. The fraction of sp³-hybridized carbons (Fsp3) is 0.478. The average molecular weight is 436 g/mol. The first kappa shape index (κ1) is 24.3. The first-order valence-corrected chi connectivity index (χ1v) is 11.6. The topological polar surface area (TPSA) is 87.1 Å². The number of aliphatic hydroxyl groups is 1. The molecule has 3 rings (SSSR count). The molecule has 0 aromatic heterocycles. The fourth-order valence-electron chi connectivity index (χ4n) is 3.89. The second kappa shape index (κ2) is 10.9. The van der Waals surface area contributed by atoms with Crippen LogP contribution in [0.5, 0.6) is 5.75 Å². The number of likely N-dealkylation sites (N-methyl/N-ethyl adjacent to an activating group) is 1. The van der Waals surface area contributed by atoms with E-state index in [1.54, 1.807) is 25.3 Å². The molecule has 1 aliphatic carbocycles. The van der Waals surface area contributed by atoms with E-state index in [1.807, 2.05) is 12.1 Å². The smallest absolute Gasteiger partial charge is 0.294 e. The molecule has 1 atom stereocenters.